The maximum Gasteiger partial charge on any atom is 0.0503 e. The predicted octanol–water partition coefficient (Wildman–Crippen LogP) is 2.50. The Morgan fingerprint density at radius 1 is 1.37 bits per heavy atom. The minimum atomic E-state index is 0.690. The van der Waals surface area contributed by atoms with Gasteiger partial charge in [0.15, 0.2) is 0 Å². The van der Waals surface area contributed by atoms with Gasteiger partial charge in [-0.05, 0) is 36.2 Å². The van der Waals surface area contributed by atoms with Crippen LogP contribution in [0.1, 0.15) is 5.56 Å². The summed E-state index contributed by atoms with van der Waals surface area (Å²) < 4.78 is 7.31. The third-order valence-electron chi connectivity index (χ3n) is 3.32. The van der Waals surface area contributed by atoms with E-state index in [1.54, 1.807) is 7.11 Å². The normalized spacial score (nSPS) is 10.7. The van der Waals surface area contributed by atoms with E-state index in [4.69, 9.17) is 10.5 Å². The van der Waals surface area contributed by atoms with Crippen molar-refractivity contribution in [2.24, 2.45) is 7.05 Å². The highest BCUT2D eigenvalue weighted by Crippen LogP contribution is 2.32. The van der Waals surface area contributed by atoms with E-state index in [9.17, 15) is 0 Å². The molecule has 4 heteroatoms. The maximum atomic E-state index is 6.01. The number of ether oxygens (including phenoxy) is 1. The largest absolute Gasteiger partial charge is 0.399 e. The molecular formula is C15H21N3O. The zero-order valence-corrected chi connectivity index (χ0v) is 11.7. The number of anilines is 2. The lowest BCUT2D eigenvalue weighted by atomic mass is 9.98. The number of hydrogen-bond acceptors (Lipinski definition) is 3. The van der Waals surface area contributed by atoms with Crippen molar-refractivity contribution in [2.75, 3.05) is 31.8 Å². The summed E-state index contributed by atoms with van der Waals surface area (Å²) in [6, 6.07) is 8.14. The van der Waals surface area contributed by atoms with Crippen molar-refractivity contribution in [3.63, 3.8) is 0 Å². The monoisotopic (exact) mass is 259 g/mol. The fraction of sp³-hybridized carbons (Fsp3) is 0.333. The number of nitrogens with two attached hydrogens (primary N) is 1. The first kappa shape index (κ1) is 13.5. The van der Waals surface area contributed by atoms with Gasteiger partial charge in [0, 0.05) is 50.0 Å². The summed E-state index contributed by atoms with van der Waals surface area (Å²) >= 11 is 0. The van der Waals surface area contributed by atoms with Crippen molar-refractivity contribution < 1.29 is 4.74 Å². The average molecular weight is 259 g/mol. The number of rotatable bonds is 5. The molecule has 19 heavy (non-hydrogen) atoms. The second-order valence-electron chi connectivity index (χ2n) is 4.59. The molecule has 0 fully saturated rings. The molecule has 0 amide bonds. The summed E-state index contributed by atoms with van der Waals surface area (Å²) in [5, 5.41) is 3.22. The third kappa shape index (κ3) is 2.74. The van der Waals surface area contributed by atoms with Crippen LogP contribution in [0.2, 0.25) is 0 Å². The van der Waals surface area contributed by atoms with Crippen LogP contribution in [0.3, 0.4) is 0 Å². The van der Waals surface area contributed by atoms with Gasteiger partial charge in [0.25, 0.3) is 0 Å². The summed E-state index contributed by atoms with van der Waals surface area (Å²) in [6.07, 6.45) is 2.89. The molecule has 1 aromatic carbocycles. The van der Waals surface area contributed by atoms with Gasteiger partial charge in [0.1, 0.15) is 0 Å². The second kappa shape index (κ2) is 5.80. The molecular weight excluding hydrogens is 238 g/mol. The van der Waals surface area contributed by atoms with E-state index in [1.165, 1.54) is 5.56 Å². The lowest BCUT2D eigenvalue weighted by Crippen LogP contribution is -2.05. The van der Waals surface area contributed by atoms with E-state index < -0.39 is 0 Å². The summed E-state index contributed by atoms with van der Waals surface area (Å²) in [7, 11) is 5.68. The first-order valence-corrected chi connectivity index (χ1v) is 6.38. The molecule has 4 nitrogen and oxygen atoms in total. The summed E-state index contributed by atoms with van der Waals surface area (Å²) in [5.74, 6) is 0. The number of nitrogen functional groups attached to an aromatic ring is 1. The fourth-order valence-electron chi connectivity index (χ4n) is 2.36. The SMILES string of the molecule is CNc1cc(N)cc(-c2cccn2C)c1CCOC. The van der Waals surface area contributed by atoms with Crippen LogP contribution in [0.25, 0.3) is 11.3 Å². The Labute approximate surface area is 114 Å². The van der Waals surface area contributed by atoms with Crippen LogP contribution in [0.5, 0.6) is 0 Å². The fourth-order valence-corrected chi connectivity index (χ4v) is 2.36. The molecule has 0 atom stereocenters. The highest BCUT2D eigenvalue weighted by atomic mass is 16.5. The van der Waals surface area contributed by atoms with Crippen LogP contribution in [0.15, 0.2) is 30.5 Å². The van der Waals surface area contributed by atoms with E-state index >= 15 is 0 Å². The van der Waals surface area contributed by atoms with Crippen LogP contribution in [-0.4, -0.2) is 25.3 Å². The molecule has 0 saturated carbocycles. The number of aromatic nitrogens is 1. The van der Waals surface area contributed by atoms with Crippen molar-refractivity contribution in [3.8, 4) is 11.3 Å². The topological polar surface area (TPSA) is 52.2 Å². The van der Waals surface area contributed by atoms with E-state index in [1.807, 2.05) is 38.5 Å². The highest BCUT2D eigenvalue weighted by Gasteiger charge is 2.13. The highest BCUT2D eigenvalue weighted by molar-refractivity contribution is 5.77. The quantitative estimate of drug-likeness (QED) is 0.811. The van der Waals surface area contributed by atoms with Crippen LogP contribution in [0.4, 0.5) is 11.4 Å². The Morgan fingerprint density at radius 3 is 2.74 bits per heavy atom. The average Bonchev–Trinajstić information content (AvgIpc) is 2.82. The Balaban J connectivity index is 2.57. The molecule has 102 valence electrons. The van der Waals surface area contributed by atoms with Gasteiger partial charge in [-0.3, -0.25) is 0 Å². The Bertz CT molecular complexity index is 561. The van der Waals surface area contributed by atoms with Crippen LogP contribution in [0, 0.1) is 0 Å². The standard InChI is InChI=1S/C15H21N3O/c1-17-14-10-11(16)9-13(12(14)6-8-19-3)15-5-4-7-18(15)2/h4-5,7,9-10,17H,6,8,16H2,1-3H3. The molecule has 0 saturated heterocycles. The molecule has 2 rings (SSSR count). The van der Waals surface area contributed by atoms with Gasteiger partial charge in [0.05, 0.1) is 6.61 Å². The lowest BCUT2D eigenvalue weighted by Gasteiger charge is -2.16. The lowest BCUT2D eigenvalue weighted by molar-refractivity contribution is 0.202. The van der Waals surface area contributed by atoms with Crippen molar-refractivity contribution in [2.45, 2.75) is 6.42 Å². The molecule has 2 aromatic rings. The number of nitrogens with one attached hydrogen (secondary N) is 1. The molecule has 0 aliphatic heterocycles. The third-order valence-corrected chi connectivity index (χ3v) is 3.32. The van der Waals surface area contributed by atoms with Gasteiger partial charge in [-0.25, -0.2) is 0 Å². The number of benzene rings is 1. The van der Waals surface area contributed by atoms with Crippen LogP contribution < -0.4 is 11.1 Å². The molecule has 3 N–H and O–H groups in total. The molecule has 1 heterocycles. The molecule has 0 spiro atoms. The predicted molar refractivity (Wildman–Crippen MR) is 80.4 cm³/mol. The zero-order chi connectivity index (χ0) is 13.8. The smallest absolute Gasteiger partial charge is 0.0503 e. The Hall–Kier alpha value is -1.94. The van der Waals surface area contributed by atoms with Crippen LogP contribution in [-0.2, 0) is 18.2 Å². The molecule has 0 bridgehead atoms. The van der Waals surface area contributed by atoms with Crippen LogP contribution >= 0.6 is 0 Å². The minimum Gasteiger partial charge on any atom is -0.399 e. The first-order valence-electron chi connectivity index (χ1n) is 6.38. The molecule has 1 aromatic heterocycles. The van der Waals surface area contributed by atoms with Gasteiger partial charge in [0.2, 0.25) is 0 Å². The first-order chi connectivity index (χ1) is 9.17. The maximum absolute atomic E-state index is 6.01. The van der Waals surface area contributed by atoms with Crippen molar-refractivity contribution >= 4 is 11.4 Å². The van der Waals surface area contributed by atoms with Gasteiger partial charge >= 0.3 is 0 Å². The summed E-state index contributed by atoms with van der Waals surface area (Å²) in [5.41, 5.74) is 11.4. The van der Waals surface area contributed by atoms with E-state index in [-0.39, 0.29) is 0 Å². The van der Waals surface area contributed by atoms with Crippen molar-refractivity contribution in [1.29, 1.82) is 0 Å². The van der Waals surface area contributed by atoms with E-state index in [0.29, 0.717) is 6.61 Å². The molecule has 0 aliphatic rings. The Morgan fingerprint density at radius 2 is 2.16 bits per heavy atom. The van der Waals surface area contributed by atoms with E-state index in [2.05, 4.69) is 16.0 Å². The van der Waals surface area contributed by atoms with Gasteiger partial charge in [-0.1, -0.05) is 0 Å². The molecule has 0 aliphatic carbocycles. The van der Waals surface area contributed by atoms with Crippen molar-refractivity contribution in [3.05, 3.63) is 36.0 Å². The zero-order valence-electron chi connectivity index (χ0n) is 11.7. The number of aryl methyl sites for hydroxylation is 1. The second-order valence-corrected chi connectivity index (χ2v) is 4.59. The van der Waals surface area contributed by atoms with Gasteiger partial charge < -0.3 is 20.4 Å². The van der Waals surface area contributed by atoms with Gasteiger partial charge in [-0.15, -0.1) is 0 Å². The number of methoxy groups -OCH3 is 1. The van der Waals surface area contributed by atoms with Gasteiger partial charge in [-0.2, -0.15) is 0 Å². The number of hydrogen-bond donors (Lipinski definition) is 2. The van der Waals surface area contributed by atoms with Crippen molar-refractivity contribution in [1.82, 2.24) is 4.57 Å². The Kier molecular flexibility index (Phi) is 4.12. The molecule has 0 radical (unpaired) electrons. The summed E-state index contributed by atoms with van der Waals surface area (Å²) in [4.78, 5) is 0. The van der Waals surface area contributed by atoms with E-state index in [0.717, 1.165) is 29.1 Å². The minimum absolute atomic E-state index is 0.690. The summed E-state index contributed by atoms with van der Waals surface area (Å²) in [6.45, 7) is 0.690. The number of nitrogens with zero attached hydrogens (tertiary/aromatic N) is 1. The molecule has 0 unspecified atom stereocenters.